The number of anilines is 1. The molecular weight excluding hydrogens is 694 g/mol. The fourth-order valence-electron chi connectivity index (χ4n) is 4.78. The number of carbonyl (C=O) groups is 2. The minimum atomic E-state index is -3.67. The largest absolute Gasteiger partial charge is 0.486 e. The van der Waals surface area contributed by atoms with Gasteiger partial charge >= 0.3 is 5.97 Å². The standard InChI is InChI=1S/C26H32BrN7O5S.CH4O3S/c1-14(28)25(36)39-15(2)24(35)33-6-3-16(4-7-33)5-8-34-23-21(22(29)30-13-31-23)32-26(34)40-20-12-19-18(11-17(20)27)37-9-10-38-19;1-5(2,3)4/h11-16H,3-10,28H2,1-2H3,(H2,29,30,31);1H3,(H,2,3,4)/t14-,15+;/m1./s1. The molecule has 0 radical (unpaired) electrons. The van der Waals surface area contributed by atoms with E-state index < -0.39 is 28.2 Å². The third-order valence-corrected chi connectivity index (χ3v) is 8.99. The molecule has 1 aromatic carbocycles. The van der Waals surface area contributed by atoms with Crippen LogP contribution in [0.25, 0.3) is 11.2 Å². The first-order chi connectivity index (χ1) is 21.2. The van der Waals surface area contributed by atoms with E-state index in [1.807, 2.05) is 12.1 Å². The molecule has 246 valence electrons. The number of carbonyl (C=O) groups excluding carboxylic acids is 2. The van der Waals surface area contributed by atoms with Crippen molar-refractivity contribution in [2.75, 3.05) is 38.3 Å². The number of hydrogen-bond donors (Lipinski definition) is 3. The molecule has 0 unspecified atom stereocenters. The second-order valence-corrected chi connectivity index (χ2v) is 14.0. The maximum Gasteiger partial charge on any atom is 0.323 e. The molecule has 1 amide bonds. The Morgan fingerprint density at radius 2 is 1.80 bits per heavy atom. The lowest BCUT2D eigenvalue weighted by atomic mass is 9.93. The fraction of sp³-hybridized carbons (Fsp3) is 0.519. The van der Waals surface area contributed by atoms with E-state index in [1.165, 1.54) is 25.0 Å². The minimum Gasteiger partial charge on any atom is -0.486 e. The van der Waals surface area contributed by atoms with Gasteiger partial charge in [0.25, 0.3) is 16.0 Å². The molecule has 2 atom stereocenters. The van der Waals surface area contributed by atoms with Crippen molar-refractivity contribution in [2.45, 2.75) is 61.9 Å². The average Bonchev–Trinajstić information content (AvgIpc) is 3.33. The van der Waals surface area contributed by atoms with E-state index in [0.717, 1.165) is 33.8 Å². The summed E-state index contributed by atoms with van der Waals surface area (Å²) in [5.74, 6) is 1.37. The van der Waals surface area contributed by atoms with Gasteiger partial charge in [-0.05, 0) is 67.1 Å². The Bertz CT molecular complexity index is 1640. The maximum atomic E-state index is 12.8. The highest BCUT2D eigenvalue weighted by Crippen LogP contribution is 2.42. The van der Waals surface area contributed by atoms with Gasteiger partial charge in [0, 0.05) is 29.0 Å². The Morgan fingerprint density at radius 3 is 2.42 bits per heavy atom. The van der Waals surface area contributed by atoms with Crippen molar-refractivity contribution in [3.63, 3.8) is 0 Å². The number of fused-ring (bicyclic) bond motifs is 2. The van der Waals surface area contributed by atoms with Gasteiger partial charge in [0.05, 0.1) is 6.26 Å². The summed E-state index contributed by atoms with van der Waals surface area (Å²) in [5, 5.41) is 0.747. The molecule has 45 heavy (non-hydrogen) atoms. The predicted octanol–water partition coefficient (Wildman–Crippen LogP) is 2.50. The van der Waals surface area contributed by atoms with E-state index in [1.54, 1.807) is 11.8 Å². The van der Waals surface area contributed by atoms with Crippen molar-refractivity contribution in [3.8, 4) is 11.5 Å². The number of aryl methyl sites for hydroxylation is 1. The lowest BCUT2D eigenvalue weighted by Gasteiger charge is -2.33. The molecule has 2 aliphatic heterocycles. The molecule has 4 heterocycles. The normalized spacial score (nSPS) is 16.4. The number of nitrogen functional groups attached to an aromatic ring is 1. The topological polar surface area (TPSA) is 215 Å². The number of imidazole rings is 1. The summed E-state index contributed by atoms with van der Waals surface area (Å²) in [7, 11) is -3.67. The van der Waals surface area contributed by atoms with Crippen LogP contribution in [0.5, 0.6) is 11.5 Å². The molecule has 2 aromatic heterocycles. The summed E-state index contributed by atoms with van der Waals surface area (Å²) in [6, 6.07) is 3.09. The molecule has 3 aromatic rings. The van der Waals surface area contributed by atoms with E-state index in [-0.39, 0.29) is 5.91 Å². The van der Waals surface area contributed by atoms with Gasteiger partial charge in [-0.25, -0.2) is 15.0 Å². The molecule has 15 nitrogen and oxygen atoms in total. The number of benzene rings is 1. The highest BCUT2D eigenvalue weighted by molar-refractivity contribution is 9.10. The van der Waals surface area contributed by atoms with Crippen molar-refractivity contribution >= 4 is 66.7 Å². The quantitative estimate of drug-likeness (QED) is 0.224. The van der Waals surface area contributed by atoms with Gasteiger partial charge in [0.2, 0.25) is 0 Å². The third-order valence-electron chi connectivity index (χ3n) is 7.02. The van der Waals surface area contributed by atoms with Crippen molar-refractivity contribution in [1.29, 1.82) is 0 Å². The van der Waals surface area contributed by atoms with E-state index in [0.29, 0.717) is 73.5 Å². The molecule has 1 saturated heterocycles. The number of likely N-dealkylation sites (tertiary alicyclic amines) is 1. The van der Waals surface area contributed by atoms with E-state index >= 15 is 0 Å². The van der Waals surface area contributed by atoms with Gasteiger partial charge in [-0.3, -0.25) is 14.1 Å². The highest BCUT2D eigenvalue weighted by atomic mass is 79.9. The van der Waals surface area contributed by atoms with Crippen LogP contribution in [0.1, 0.15) is 33.1 Å². The second kappa shape index (κ2) is 14.9. The van der Waals surface area contributed by atoms with E-state index in [9.17, 15) is 18.0 Å². The van der Waals surface area contributed by atoms with Gasteiger partial charge in [-0.2, -0.15) is 8.42 Å². The smallest absolute Gasteiger partial charge is 0.323 e. The zero-order valence-corrected chi connectivity index (χ0v) is 28.2. The van der Waals surface area contributed by atoms with Crippen molar-refractivity contribution in [1.82, 2.24) is 24.4 Å². The van der Waals surface area contributed by atoms with Gasteiger partial charge < -0.3 is 35.1 Å². The molecule has 18 heteroatoms. The summed E-state index contributed by atoms with van der Waals surface area (Å²) < 4.78 is 45.5. The predicted molar refractivity (Wildman–Crippen MR) is 170 cm³/mol. The van der Waals surface area contributed by atoms with Gasteiger partial charge in [-0.1, -0.05) is 11.8 Å². The number of nitrogens with two attached hydrogens (primary N) is 2. The number of nitrogens with zero attached hydrogens (tertiary/aromatic N) is 5. The highest BCUT2D eigenvalue weighted by Gasteiger charge is 2.29. The Kier molecular flexibility index (Phi) is 11.5. The molecule has 5 rings (SSSR count). The summed E-state index contributed by atoms with van der Waals surface area (Å²) in [4.78, 5) is 40.6. The number of amides is 1. The number of piperidine rings is 1. The zero-order chi connectivity index (χ0) is 32.9. The number of ether oxygens (including phenoxy) is 3. The first kappa shape index (κ1) is 34.7. The van der Waals surface area contributed by atoms with Crippen LogP contribution < -0.4 is 20.9 Å². The minimum absolute atomic E-state index is 0.191. The number of esters is 1. The van der Waals surface area contributed by atoms with Gasteiger partial charge in [0.1, 0.15) is 25.6 Å². The molecule has 0 spiro atoms. The monoisotopic (exact) mass is 729 g/mol. The molecule has 0 saturated carbocycles. The Labute approximate surface area is 273 Å². The number of hydrogen-bond acceptors (Lipinski definition) is 13. The van der Waals surface area contributed by atoms with Crippen LogP contribution in [0.4, 0.5) is 5.82 Å². The van der Waals surface area contributed by atoms with E-state index in [4.69, 9.17) is 35.2 Å². The Morgan fingerprint density at radius 1 is 1.18 bits per heavy atom. The van der Waals surface area contributed by atoms with Crippen LogP contribution in [0.2, 0.25) is 0 Å². The Balaban J connectivity index is 0.000000854. The molecule has 2 aliphatic rings. The summed E-state index contributed by atoms with van der Waals surface area (Å²) in [6.45, 7) is 6.04. The lowest BCUT2D eigenvalue weighted by Crippen LogP contribution is -2.45. The van der Waals surface area contributed by atoms with Crippen LogP contribution in [0, 0.1) is 5.92 Å². The van der Waals surface area contributed by atoms with Crippen LogP contribution >= 0.6 is 27.7 Å². The molecule has 0 aliphatic carbocycles. The SMILES string of the molecule is CS(=O)(=O)O.C[C@H](OC(=O)[C@@H](C)N)C(=O)N1CCC(CCn2c(Sc3cc4c(cc3Br)OCCO4)nc3c(N)ncnc32)CC1. The first-order valence-electron chi connectivity index (χ1n) is 14.1. The Hall–Kier alpha value is -3.19. The summed E-state index contributed by atoms with van der Waals surface area (Å²) in [6.07, 6.45) is 3.89. The van der Waals surface area contributed by atoms with Crippen LogP contribution in [-0.4, -0.2) is 94.0 Å². The zero-order valence-electron chi connectivity index (χ0n) is 25.0. The van der Waals surface area contributed by atoms with Gasteiger partial charge in [0.15, 0.2) is 39.7 Å². The molecule has 5 N–H and O–H groups in total. The number of rotatable bonds is 8. The fourth-order valence-corrected chi connectivity index (χ4v) is 6.29. The van der Waals surface area contributed by atoms with Crippen LogP contribution in [0.3, 0.4) is 0 Å². The second-order valence-electron chi connectivity index (χ2n) is 10.7. The molecule has 0 bridgehead atoms. The first-order valence-corrected chi connectivity index (χ1v) is 17.6. The molecular formula is C27H36BrN7O8S2. The van der Waals surface area contributed by atoms with E-state index in [2.05, 4.69) is 30.5 Å². The van der Waals surface area contributed by atoms with Crippen LogP contribution in [-0.2, 0) is 31.0 Å². The van der Waals surface area contributed by atoms with Crippen molar-refractivity contribution in [2.24, 2.45) is 11.7 Å². The average molecular weight is 731 g/mol. The summed E-state index contributed by atoms with van der Waals surface area (Å²) >= 11 is 5.14. The third kappa shape index (κ3) is 9.41. The van der Waals surface area contributed by atoms with Crippen molar-refractivity contribution < 1.29 is 36.8 Å². The van der Waals surface area contributed by atoms with Crippen molar-refractivity contribution in [3.05, 3.63) is 22.9 Å². The number of aromatic nitrogens is 4. The van der Waals surface area contributed by atoms with Crippen LogP contribution in [0.15, 0.2) is 33.0 Å². The lowest BCUT2D eigenvalue weighted by molar-refractivity contribution is -0.160. The molecule has 1 fully saturated rings. The maximum absolute atomic E-state index is 12.8. The summed E-state index contributed by atoms with van der Waals surface area (Å²) in [5.41, 5.74) is 12.9. The van der Waals surface area contributed by atoms with Gasteiger partial charge in [-0.15, -0.1) is 0 Å². The number of halogens is 1.